The smallest absolute Gasteiger partial charge is 0.257 e. The van der Waals surface area contributed by atoms with Crippen LogP contribution in [0.25, 0.3) is 0 Å². The van der Waals surface area contributed by atoms with Crippen molar-refractivity contribution >= 4 is 29.9 Å². The monoisotopic (exact) mass is 339 g/mol. The van der Waals surface area contributed by atoms with Crippen LogP contribution in [0.1, 0.15) is 12.8 Å². The molecule has 0 atom stereocenters. The molecule has 0 bridgehead atoms. The minimum atomic E-state index is -0.116. The molecule has 0 radical (unpaired) electrons. The molecule has 126 valence electrons. The van der Waals surface area contributed by atoms with Gasteiger partial charge in [-0.25, -0.2) is 0 Å². The minimum Gasteiger partial charge on any atom is -0.484 e. The Balaban J connectivity index is 0.00000192. The van der Waals surface area contributed by atoms with Crippen LogP contribution >= 0.6 is 12.4 Å². The molecule has 1 aromatic carbocycles. The van der Waals surface area contributed by atoms with Gasteiger partial charge in [0.1, 0.15) is 5.75 Å². The molecular weight excluding hydrogens is 318 g/mol. The first-order valence-corrected chi connectivity index (χ1v) is 7.73. The number of hydrogen-bond donors (Lipinski definition) is 2. The number of nitrogens with zero attached hydrogens (tertiary/aromatic N) is 1. The lowest BCUT2D eigenvalue weighted by molar-refractivity contribution is -0.123. The molecule has 1 aromatic rings. The zero-order valence-electron chi connectivity index (χ0n) is 12.9. The molecule has 2 amide bonds. The number of carbonyl (C=O) groups is 2. The lowest BCUT2D eigenvalue weighted by atomic mass is 10.0. The Hall–Kier alpha value is -1.79. The summed E-state index contributed by atoms with van der Waals surface area (Å²) in [7, 11) is 0. The van der Waals surface area contributed by atoms with Crippen molar-refractivity contribution in [3.63, 3.8) is 0 Å². The van der Waals surface area contributed by atoms with Gasteiger partial charge in [-0.1, -0.05) is 6.07 Å². The van der Waals surface area contributed by atoms with Gasteiger partial charge in [-0.05, 0) is 18.6 Å². The highest BCUT2D eigenvalue weighted by molar-refractivity contribution is 5.95. The SMILES string of the molecule is Cl.O=C(COc1cccc(N2CCCC2=O)c1)NCC1CNC1. The number of hydrogen-bond acceptors (Lipinski definition) is 4. The van der Waals surface area contributed by atoms with Crippen LogP contribution in [0.5, 0.6) is 5.75 Å². The molecule has 6 nitrogen and oxygen atoms in total. The Morgan fingerprint density at radius 1 is 1.39 bits per heavy atom. The molecule has 0 unspecified atom stereocenters. The maximum atomic E-state index is 11.8. The quantitative estimate of drug-likeness (QED) is 0.809. The van der Waals surface area contributed by atoms with Crippen molar-refractivity contribution in [2.45, 2.75) is 12.8 Å². The summed E-state index contributed by atoms with van der Waals surface area (Å²) in [6.07, 6.45) is 1.49. The van der Waals surface area contributed by atoms with Crippen molar-refractivity contribution in [3.8, 4) is 5.75 Å². The second-order valence-electron chi connectivity index (χ2n) is 5.76. The summed E-state index contributed by atoms with van der Waals surface area (Å²) in [5, 5.41) is 6.03. The highest BCUT2D eigenvalue weighted by Gasteiger charge is 2.22. The molecular formula is C16H22ClN3O3. The van der Waals surface area contributed by atoms with Gasteiger partial charge in [0.2, 0.25) is 5.91 Å². The largest absolute Gasteiger partial charge is 0.484 e. The van der Waals surface area contributed by atoms with Gasteiger partial charge in [-0.3, -0.25) is 9.59 Å². The number of halogens is 1. The highest BCUT2D eigenvalue weighted by Crippen LogP contribution is 2.25. The van der Waals surface area contributed by atoms with Gasteiger partial charge < -0.3 is 20.3 Å². The van der Waals surface area contributed by atoms with Crippen LogP contribution in [0.2, 0.25) is 0 Å². The van der Waals surface area contributed by atoms with Gasteiger partial charge in [0, 0.05) is 50.3 Å². The number of carbonyl (C=O) groups excluding carboxylic acids is 2. The lowest BCUT2D eigenvalue weighted by Gasteiger charge is -2.27. The average Bonchev–Trinajstić information content (AvgIpc) is 2.90. The number of anilines is 1. The Morgan fingerprint density at radius 2 is 2.22 bits per heavy atom. The maximum absolute atomic E-state index is 11.8. The molecule has 7 heteroatoms. The van der Waals surface area contributed by atoms with Crippen LogP contribution in [-0.2, 0) is 9.59 Å². The predicted octanol–water partition coefficient (Wildman–Crippen LogP) is 0.950. The molecule has 2 N–H and O–H groups in total. The van der Waals surface area contributed by atoms with E-state index >= 15 is 0 Å². The van der Waals surface area contributed by atoms with Crippen molar-refractivity contribution in [1.29, 1.82) is 0 Å². The third kappa shape index (κ3) is 4.59. The van der Waals surface area contributed by atoms with E-state index in [0.29, 0.717) is 24.6 Å². The minimum absolute atomic E-state index is 0. The number of amides is 2. The van der Waals surface area contributed by atoms with E-state index in [-0.39, 0.29) is 30.8 Å². The normalized spacial score (nSPS) is 17.4. The molecule has 2 aliphatic rings. The molecule has 2 heterocycles. The first-order valence-electron chi connectivity index (χ1n) is 7.73. The van der Waals surface area contributed by atoms with Crippen molar-refractivity contribution in [2.24, 2.45) is 5.92 Å². The van der Waals surface area contributed by atoms with Gasteiger partial charge in [-0.15, -0.1) is 12.4 Å². The fraction of sp³-hybridized carbons (Fsp3) is 0.500. The third-order valence-corrected chi connectivity index (χ3v) is 4.03. The van der Waals surface area contributed by atoms with E-state index in [0.717, 1.165) is 31.7 Å². The first-order chi connectivity index (χ1) is 10.7. The van der Waals surface area contributed by atoms with Crippen molar-refractivity contribution in [1.82, 2.24) is 10.6 Å². The van der Waals surface area contributed by atoms with E-state index in [1.54, 1.807) is 11.0 Å². The fourth-order valence-electron chi connectivity index (χ4n) is 2.61. The highest BCUT2D eigenvalue weighted by atomic mass is 35.5. The first kappa shape index (κ1) is 17.6. The average molecular weight is 340 g/mol. The van der Waals surface area contributed by atoms with E-state index in [4.69, 9.17) is 4.74 Å². The Labute approximate surface area is 142 Å². The topological polar surface area (TPSA) is 70.7 Å². The summed E-state index contributed by atoms with van der Waals surface area (Å²) in [5.74, 6) is 1.17. The Morgan fingerprint density at radius 3 is 2.87 bits per heavy atom. The fourth-order valence-corrected chi connectivity index (χ4v) is 2.61. The molecule has 0 saturated carbocycles. The van der Waals surface area contributed by atoms with E-state index in [2.05, 4.69) is 10.6 Å². The van der Waals surface area contributed by atoms with Gasteiger partial charge in [-0.2, -0.15) is 0 Å². The summed E-state index contributed by atoms with van der Waals surface area (Å²) < 4.78 is 5.52. The number of ether oxygens (including phenoxy) is 1. The molecule has 0 aliphatic carbocycles. The summed E-state index contributed by atoms with van der Waals surface area (Å²) in [5.41, 5.74) is 0.834. The third-order valence-electron chi connectivity index (χ3n) is 4.03. The van der Waals surface area contributed by atoms with Crippen LogP contribution in [0.4, 0.5) is 5.69 Å². The molecule has 3 rings (SSSR count). The van der Waals surface area contributed by atoms with Crippen molar-refractivity contribution in [2.75, 3.05) is 37.7 Å². The number of nitrogens with one attached hydrogen (secondary N) is 2. The standard InChI is InChI=1S/C16H21N3O3.ClH/c20-15(18-10-12-8-17-9-12)11-22-14-4-1-3-13(7-14)19-6-2-5-16(19)21;/h1,3-4,7,12,17H,2,5-6,8-11H2,(H,18,20);1H. The van der Waals surface area contributed by atoms with E-state index < -0.39 is 0 Å². The molecule has 23 heavy (non-hydrogen) atoms. The van der Waals surface area contributed by atoms with E-state index in [1.807, 2.05) is 18.2 Å². The maximum Gasteiger partial charge on any atom is 0.257 e. The van der Waals surface area contributed by atoms with Crippen LogP contribution in [0.15, 0.2) is 24.3 Å². The van der Waals surface area contributed by atoms with E-state index in [9.17, 15) is 9.59 Å². The summed E-state index contributed by atoms with van der Waals surface area (Å²) in [6.45, 7) is 3.37. The summed E-state index contributed by atoms with van der Waals surface area (Å²) >= 11 is 0. The molecule has 2 saturated heterocycles. The zero-order valence-corrected chi connectivity index (χ0v) is 13.7. The molecule has 0 spiro atoms. The van der Waals surface area contributed by atoms with Gasteiger partial charge in [0.05, 0.1) is 0 Å². The van der Waals surface area contributed by atoms with Gasteiger partial charge in [0.25, 0.3) is 5.91 Å². The number of rotatable bonds is 6. The van der Waals surface area contributed by atoms with Crippen LogP contribution < -0.4 is 20.3 Å². The summed E-state index contributed by atoms with van der Waals surface area (Å²) in [6, 6.07) is 7.34. The molecule has 2 aliphatic heterocycles. The predicted molar refractivity (Wildman–Crippen MR) is 90.1 cm³/mol. The zero-order chi connectivity index (χ0) is 15.4. The van der Waals surface area contributed by atoms with Gasteiger partial charge in [0.15, 0.2) is 6.61 Å². The second-order valence-corrected chi connectivity index (χ2v) is 5.76. The van der Waals surface area contributed by atoms with E-state index in [1.165, 1.54) is 0 Å². The Kier molecular flexibility index (Phi) is 6.24. The van der Waals surface area contributed by atoms with Crippen molar-refractivity contribution < 1.29 is 14.3 Å². The molecule has 2 fully saturated rings. The second kappa shape index (κ2) is 8.17. The van der Waals surface area contributed by atoms with Gasteiger partial charge >= 0.3 is 0 Å². The molecule has 0 aromatic heterocycles. The Bertz CT molecular complexity index is 563. The summed E-state index contributed by atoms with van der Waals surface area (Å²) in [4.78, 5) is 25.2. The van der Waals surface area contributed by atoms with Crippen LogP contribution in [-0.4, -0.2) is 44.6 Å². The van der Waals surface area contributed by atoms with Crippen LogP contribution in [0.3, 0.4) is 0 Å². The van der Waals surface area contributed by atoms with Crippen LogP contribution in [0, 0.1) is 5.92 Å². The number of benzene rings is 1. The van der Waals surface area contributed by atoms with Crippen molar-refractivity contribution in [3.05, 3.63) is 24.3 Å². The lowest BCUT2D eigenvalue weighted by Crippen LogP contribution is -2.48.